The predicted molar refractivity (Wildman–Crippen MR) is 127 cm³/mol. The van der Waals surface area contributed by atoms with E-state index in [1.807, 2.05) is 19.1 Å². The lowest BCUT2D eigenvalue weighted by Crippen LogP contribution is -2.31. The third-order valence-electron chi connectivity index (χ3n) is 5.51. The van der Waals surface area contributed by atoms with Crippen LogP contribution in [0.15, 0.2) is 59.2 Å². The van der Waals surface area contributed by atoms with Crippen molar-refractivity contribution in [1.82, 2.24) is 4.98 Å². The van der Waals surface area contributed by atoms with Crippen LogP contribution in [0.4, 0.5) is 10.8 Å². The van der Waals surface area contributed by atoms with Gasteiger partial charge in [0.05, 0.1) is 28.7 Å². The third kappa shape index (κ3) is 3.92. The van der Waals surface area contributed by atoms with Gasteiger partial charge in [-0.05, 0) is 55.0 Å². The fourth-order valence-electron chi connectivity index (χ4n) is 3.79. The smallest absolute Gasteiger partial charge is 0.260 e. The number of anilines is 2. The normalized spacial score (nSPS) is 13.8. The van der Waals surface area contributed by atoms with Gasteiger partial charge < -0.3 is 4.42 Å². The van der Waals surface area contributed by atoms with Crippen molar-refractivity contribution in [2.75, 3.05) is 9.80 Å². The summed E-state index contributed by atoms with van der Waals surface area (Å²) in [6.07, 6.45) is 1.90. The van der Waals surface area contributed by atoms with E-state index in [1.54, 1.807) is 42.7 Å². The second-order valence-corrected chi connectivity index (χ2v) is 9.08. The fraction of sp³-hybridized carbons (Fsp3) is 0.167. The molecule has 1 aliphatic heterocycles. The lowest BCUT2D eigenvalue weighted by atomic mass is 10.1. The molecule has 0 bridgehead atoms. The first kappa shape index (κ1) is 21.4. The highest BCUT2D eigenvalue weighted by Gasteiger charge is 2.31. The fourth-order valence-corrected chi connectivity index (χ4v) is 4.96. The number of aromatic nitrogens is 1. The highest BCUT2D eigenvalue weighted by molar-refractivity contribution is 7.22. The van der Waals surface area contributed by atoms with Crippen LogP contribution < -0.4 is 9.80 Å². The summed E-state index contributed by atoms with van der Waals surface area (Å²) < 4.78 is 6.39. The van der Waals surface area contributed by atoms with Crippen molar-refractivity contribution in [1.29, 1.82) is 0 Å². The molecule has 2 aromatic heterocycles. The average Bonchev–Trinajstić information content (AvgIpc) is 3.55. The van der Waals surface area contributed by atoms with Gasteiger partial charge in [0, 0.05) is 23.4 Å². The summed E-state index contributed by atoms with van der Waals surface area (Å²) in [7, 11) is 0. The number of amides is 3. The Morgan fingerprint density at radius 3 is 2.67 bits per heavy atom. The van der Waals surface area contributed by atoms with Crippen molar-refractivity contribution in [2.24, 2.45) is 0 Å². The number of halogens is 1. The number of hydrogen-bond acceptors (Lipinski definition) is 6. The number of rotatable bonds is 5. The highest BCUT2D eigenvalue weighted by Crippen LogP contribution is 2.35. The van der Waals surface area contributed by atoms with Gasteiger partial charge in [-0.15, -0.1) is 0 Å². The number of hydrogen-bond donors (Lipinski definition) is 0. The van der Waals surface area contributed by atoms with Crippen molar-refractivity contribution < 1.29 is 18.8 Å². The molecule has 0 unspecified atom stereocenters. The van der Waals surface area contributed by atoms with Gasteiger partial charge in [-0.1, -0.05) is 29.0 Å². The van der Waals surface area contributed by atoms with Crippen LogP contribution in [0.1, 0.15) is 34.5 Å². The molecule has 2 aromatic carbocycles. The van der Waals surface area contributed by atoms with Gasteiger partial charge in [0.25, 0.3) is 5.91 Å². The minimum atomic E-state index is -0.324. The Labute approximate surface area is 198 Å². The van der Waals surface area contributed by atoms with E-state index in [0.29, 0.717) is 27.2 Å². The number of furan rings is 1. The number of thiazole rings is 1. The van der Waals surface area contributed by atoms with Crippen LogP contribution in [-0.4, -0.2) is 22.7 Å². The van der Waals surface area contributed by atoms with Crippen LogP contribution in [-0.2, 0) is 16.1 Å². The second kappa shape index (κ2) is 8.46. The molecule has 0 atom stereocenters. The van der Waals surface area contributed by atoms with Gasteiger partial charge in [0.15, 0.2) is 5.13 Å². The zero-order valence-electron chi connectivity index (χ0n) is 17.6. The molecule has 0 spiro atoms. The van der Waals surface area contributed by atoms with Crippen molar-refractivity contribution in [3.63, 3.8) is 0 Å². The molecule has 0 radical (unpaired) electrons. The molecule has 7 nitrogen and oxygen atoms in total. The Morgan fingerprint density at radius 1 is 1.15 bits per heavy atom. The van der Waals surface area contributed by atoms with Crippen molar-refractivity contribution >= 4 is 61.7 Å². The molecule has 0 aliphatic carbocycles. The van der Waals surface area contributed by atoms with E-state index in [2.05, 4.69) is 0 Å². The van der Waals surface area contributed by atoms with E-state index in [1.165, 1.54) is 16.2 Å². The zero-order chi connectivity index (χ0) is 23.1. The number of fused-ring (bicyclic) bond motifs is 1. The van der Waals surface area contributed by atoms with Crippen molar-refractivity contribution in [3.8, 4) is 0 Å². The first-order valence-electron chi connectivity index (χ1n) is 10.3. The van der Waals surface area contributed by atoms with Gasteiger partial charge in [0.2, 0.25) is 11.8 Å². The first-order chi connectivity index (χ1) is 15.9. The van der Waals surface area contributed by atoms with E-state index in [4.69, 9.17) is 21.0 Å². The molecular formula is C24H18ClN3O4S. The number of carbonyl (C=O) groups excluding carboxylic acids is 3. The standard InChI is InChI=1S/C24H18ClN3O4S/c1-14-18(25)7-8-19-22(14)26-24(33-19)27(13-17-6-3-11-32-17)23(31)15-4-2-5-16(12-15)28-20(29)9-10-21(28)30/h2-8,11-12H,9-10,13H2,1H3. The molecule has 1 aliphatic rings. The van der Waals surface area contributed by atoms with E-state index in [9.17, 15) is 14.4 Å². The molecule has 0 N–H and O–H groups in total. The minimum absolute atomic E-state index is 0.171. The van der Waals surface area contributed by atoms with E-state index in [0.717, 1.165) is 20.7 Å². The van der Waals surface area contributed by atoms with Crippen LogP contribution in [0, 0.1) is 6.92 Å². The molecule has 1 fully saturated rings. The molecule has 166 valence electrons. The van der Waals surface area contributed by atoms with Crippen molar-refractivity contribution in [3.05, 3.63) is 76.7 Å². The zero-order valence-corrected chi connectivity index (χ0v) is 19.2. The average molecular weight is 480 g/mol. The lowest BCUT2D eigenvalue weighted by molar-refractivity contribution is -0.121. The Balaban J connectivity index is 1.56. The van der Waals surface area contributed by atoms with Gasteiger partial charge in [-0.2, -0.15) is 0 Å². The molecule has 1 saturated heterocycles. The summed E-state index contributed by atoms with van der Waals surface area (Å²) in [5, 5.41) is 1.10. The SMILES string of the molecule is Cc1c(Cl)ccc2sc(N(Cc3ccco3)C(=O)c3cccc(N4C(=O)CCC4=O)c3)nc12. The van der Waals surface area contributed by atoms with Gasteiger partial charge >= 0.3 is 0 Å². The van der Waals surface area contributed by atoms with E-state index < -0.39 is 0 Å². The maximum atomic E-state index is 13.7. The quantitative estimate of drug-likeness (QED) is 0.360. The maximum absolute atomic E-state index is 13.7. The first-order valence-corrected chi connectivity index (χ1v) is 11.5. The minimum Gasteiger partial charge on any atom is -0.467 e. The summed E-state index contributed by atoms with van der Waals surface area (Å²) in [4.78, 5) is 45.4. The maximum Gasteiger partial charge on any atom is 0.260 e. The van der Waals surface area contributed by atoms with Crippen LogP contribution in [0.5, 0.6) is 0 Å². The Bertz CT molecular complexity index is 1380. The lowest BCUT2D eigenvalue weighted by Gasteiger charge is -2.20. The molecule has 3 amide bonds. The monoisotopic (exact) mass is 479 g/mol. The van der Waals surface area contributed by atoms with Crippen LogP contribution >= 0.6 is 22.9 Å². The number of imide groups is 1. The molecule has 0 saturated carbocycles. The highest BCUT2D eigenvalue weighted by atomic mass is 35.5. The van der Waals surface area contributed by atoms with Gasteiger partial charge in [-0.25, -0.2) is 4.98 Å². The van der Waals surface area contributed by atoms with Crippen molar-refractivity contribution in [2.45, 2.75) is 26.3 Å². The third-order valence-corrected chi connectivity index (χ3v) is 6.96. The molecule has 3 heterocycles. The van der Waals surface area contributed by atoms with Crippen LogP contribution in [0.2, 0.25) is 5.02 Å². The molecular weight excluding hydrogens is 462 g/mol. The van der Waals surface area contributed by atoms with E-state index >= 15 is 0 Å². The Hall–Kier alpha value is -3.49. The van der Waals surface area contributed by atoms with Gasteiger partial charge in [-0.3, -0.25) is 24.2 Å². The topological polar surface area (TPSA) is 83.7 Å². The number of benzene rings is 2. The number of carbonyl (C=O) groups is 3. The molecule has 9 heteroatoms. The largest absolute Gasteiger partial charge is 0.467 e. The van der Waals surface area contributed by atoms with Crippen LogP contribution in [0.3, 0.4) is 0 Å². The summed E-state index contributed by atoms with van der Waals surface area (Å²) in [5.41, 5.74) is 2.30. The van der Waals surface area contributed by atoms with Gasteiger partial charge in [0.1, 0.15) is 5.76 Å². The second-order valence-electron chi connectivity index (χ2n) is 7.66. The van der Waals surface area contributed by atoms with Crippen LogP contribution in [0.25, 0.3) is 10.2 Å². The van der Waals surface area contributed by atoms with E-state index in [-0.39, 0.29) is 37.1 Å². The molecule has 33 heavy (non-hydrogen) atoms. The molecule has 4 aromatic rings. The number of aryl methyl sites for hydroxylation is 1. The number of nitrogens with zero attached hydrogens (tertiary/aromatic N) is 3. The Morgan fingerprint density at radius 2 is 1.94 bits per heavy atom. The Kier molecular flexibility index (Phi) is 5.47. The summed E-state index contributed by atoms with van der Waals surface area (Å²) >= 11 is 7.64. The molecule has 5 rings (SSSR count). The summed E-state index contributed by atoms with van der Waals surface area (Å²) in [6, 6.07) is 13.8. The summed E-state index contributed by atoms with van der Waals surface area (Å²) in [6.45, 7) is 2.06. The summed E-state index contributed by atoms with van der Waals surface area (Å²) in [5.74, 6) is -0.264. The predicted octanol–water partition coefficient (Wildman–Crippen LogP) is 5.35.